The lowest BCUT2D eigenvalue weighted by molar-refractivity contribution is -0.134. The van der Waals surface area contributed by atoms with Crippen molar-refractivity contribution in [2.75, 3.05) is 18.9 Å². The van der Waals surface area contributed by atoms with Gasteiger partial charge in [-0.2, -0.15) is 0 Å². The number of amides is 4. The van der Waals surface area contributed by atoms with Gasteiger partial charge in [0.15, 0.2) is 0 Å². The van der Waals surface area contributed by atoms with E-state index in [1.165, 1.54) is 13.1 Å². The summed E-state index contributed by atoms with van der Waals surface area (Å²) in [6.45, 7) is 1.23. The Kier molecular flexibility index (Phi) is 5.95. The molecule has 9 nitrogen and oxygen atoms in total. The third kappa shape index (κ3) is 4.27. The number of hydrogen-bond acceptors (Lipinski definition) is 5. The van der Waals surface area contributed by atoms with Crippen molar-refractivity contribution in [3.8, 4) is 0 Å². The molecule has 0 unspecified atom stereocenters. The van der Waals surface area contributed by atoms with Gasteiger partial charge in [0.2, 0.25) is 15.9 Å². The molecular weight excluding hydrogens is 396 g/mol. The third-order valence-electron chi connectivity index (χ3n) is 5.53. The molecule has 1 spiro atoms. The average molecular weight is 423 g/mol. The van der Waals surface area contributed by atoms with Gasteiger partial charge >= 0.3 is 6.03 Å². The van der Waals surface area contributed by atoms with E-state index in [0.29, 0.717) is 18.4 Å². The summed E-state index contributed by atoms with van der Waals surface area (Å²) in [5.74, 6) is -0.933. The fraction of sp³-hybridized carbons (Fsp3) is 0.526. The second kappa shape index (κ2) is 8.11. The van der Waals surface area contributed by atoms with Crippen molar-refractivity contribution in [2.24, 2.45) is 0 Å². The fourth-order valence-corrected chi connectivity index (χ4v) is 4.91. The molecule has 0 aromatic heterocycles. The van der Waals surface area contributed by atoms with Crippen LogP contribution in [0.5, 0.6) is 0 Å². The molecule has 1 saturated carbocycles. The van der Waals surface area contributed by atoms with Crippen LogP contribution in [0.25, 0.3) is 0 Å². The largest absolute Gasteiger partial charge is 0.325 e. The minimum Gasteiger partial charge on any atom is -0.324 e. The smallest absolute Gasteiger partial charge is 0.324 e. The van der Waals surface area contributed by atoms with Crippen molar-refractivity contribution in [3.63, 3.8) is 0 Å². The summed E-state index contributed by atoms with van der Waals surface area (Å²) < 4.78 is 26.4. The van der Waals surface area contributed by atoms with Gasteiger partial charge in [0, 0.05) is 5.69 Å². The number of urea groups is 1. The summed E-state index contributed by atoms with van der Waals surface area (Å²) in [5, 5.41) is 5.36. The molecule has 0 radical (unpaired) electrons. The highest BCUT2D eigenvalue weighted by atomic mass is 32.2. The molecule has 4 amide bonds. The molecule has 1 saturated heterocycles. The number of hydrogen-bond donors (Lipinski definition) is 3. The molecular formula is C19H26N4O5S. The number of nitrogens with zero attached hydrogens (tertiary/aromatic N) is 1. The normalized spacial score (nSPS) is 19.2. The maximum absolute atomic E-state index is 12.9. The van der Waals surface area contributed by atoms with Crippen LogP contribution in [0, 0.1) is 6.92 Å². The number of sulfonamides is 1. The number of carbonyl (C=O) groups excluding carboxylic acids is 3. The van der Waals surface area contributed by atoms with E-state index in [1.807, 2.05) is 0 Å². The molecule has 1 aliphatic heterocycles. The van der Waals surface area contributed by atoms with Gasteiger partial charge in [-0.25, -0.2) is 17.9 Å². The van der Waals surface area contributed by atoms with Crippen LogP contribution in [0.3, 0.4) is 0 Å². The van der Waals surface area contributed by atoms with Crippen molar-refractivity contribution in [3.05, 3.63) is 23.8 Å². The van der Waals surface area contributed by atoms with E-state index in [4.69, 9.17) is 0 Å². The Morgan fingerprint density at radius 2 is 1.83 bits per heavy atom. The molecule has 2 aliphatic rings. The van der Waals surface area contributed by atoms with Crippen LogP contribution in [0.2, 0.25) is 0 Å². The summed E-state index contributed by atoms with van der Waals surface area (Å²) >= 11 is 0. The van der Waals surface area contributed by atoms with Crippen LogP contribution in [-0.2, 0) is 19.6 Å². The van der Waals surface area contributed by atoms with E-state index in [1.54, 1.807) is 19.1 Å². The van der Waals surface area contributed by atoms with E-state index >= 15 is 0 Å². The fourth-order valence-electron chi connectivity index (χ4n) is 3.91. The van der Waals surface area contributed by atoms with Crippen molar-refractivity contribution in [1.29, 1.82) is 0 Å². The first-order chi connectivity index (χ1) is 13.7. The Labute approximate surface area is 170 Å². The highest BCUT2D eigenvalue weighted by molar-refractivity contribution is 7.89. The molecule has 1 aromatic carbocycles. The molecule has 3 rings (SSSR count). The summed E-state index contributed by atoms with van der Waals surface area (Å²) in [4.78, 5) is 38.7. The zero-order valence-electron chi connectivity index (χ0n) is 16.6. The molecule has 158 valence electrons. The lowest BCUT2D eigenvalue weighted by atomic mass is 9.90. The van der Waals surface area contributed by atoms with Gasteiger partial charge in [0.25, 0.3) is 5.91 Å². The van der Waals surface area contributed by atoms with Gasteiger partial charge in [-0.15, -0.1) is 0 Å². The SMILES string of the molecule is CNS(=O)(=O)c1cc(NC(=O)CN2C(=O)NC3(CCCCCC3)C2=O)ccc1C. The molecule has 3 N–H and O–H groups in total. The van der Waals surface area contributed by atoms with E-state index in [2.05, 4.69) is 15.4 Å². The van der Waals surface area contributed by atoms with Crippen molar-refractivity contribution >= 4 is 33.6 Å². The van der Waals surface area contributed by atoms with Crippen molar-refractivity contribution in [1.82, 2.24) is 14.9 Å². The number of rotatable bonds is 5. The van der Waals surface area contributed by atoms with Gasteiger partial charge < -0.3 is 10.6 Å². The van der Waals surface area contributed by atoms with Crippen LogP contribution >= 0.6 is 0 Å². The molecule has 2 fully saturated rings. The van der Waals surface area contributed by atoms with Crippen LogP contribution < -0.4 is 15.4 Å². The number of imide groups is 1. The summed E-state index contributed by atoms with van der Waals surface area (Å²) in [6, 6.07) is 3.93. The van der Waals surface area contributed by atoms with Crippen LogP contribution in [-0.4, -0.2) is 50.3 Å². The van der Waals surface area contributed by atoms with Gasteiger partial charge in [0.1, 0.15) is 12.1 Å². The maximum Gasteiger partial charge on any atom is 0.325 e. The van der Waals surface area contributed by atoms with E-state index in [9.17, 15) is 22.8 Å². The molecule has 0 bridgehead atoms. The Bertz CT molecular complexity index is 936. The van der Waals surface area contributed by atoms with Gasteiger partial charge in [0.05, 0.1) is 4.90 Å². The van der Waals surface area contributed by atoms with Gasteiger partial charge in [-0.1, -0.05) is 31.7 Å². The van der Waals surface area contributed by atoms with Crippen molar-refractivity contribution < 1.29 is 22.8 Å². The van der Waals surface area contributed by atoms with E-state index < -0.39 is 34.0 Å². The molecule has 0 atom stereocenters. The molecule has 10 heteroatoms. The monoisotopic (exact) mass is 422 g/mol. The summed E-state index contributed by atoms with van der Waals surface area (Å²) in [6.07, 6.45) is 4.93. The minimum atomic E-state index is -3.68. The predicted molar refractivity (Wildman–Crippen MR) is 107 cm³/mol. The zero-order valence-corrected chi connectivity index (χ0v) is 17.4. The molecule has 29 heavy (non-hydrogen) atoms. The van der Waals surface area contributed by atoms with E-state index in [-0.39, 0.29) is 16.5 Å². The highest BCUT2D eigenvalue weighted by Gasteiger charge is 2.51. The maximum atomic E-state index is 12.9. The first-order valence-electron chi connectivity index (χ1n) is 9.67. The van der Waals surface area contributed by atoms with Crippen LogP contribution in [0.1, 0.15) is 44.1 Å². The Morgan fingerprint density at radius 3 is 2.45 bits per heavy atom. The predicted octanol–water partition coefficient (Wildman–Crippen LogP) is 1.49. The summed E-state index contributed by atoms with van der Waals surface area (Å²) in [7, 11) is -2.37. The van der Waals surface area contributed by atoms with Crippen molar-refractivity contribution in [2.45, 2.75) is 55.9 Å². The van der Waals surface area contributed by atoms with Crippen LogP contribution in [0.15, 0.2) is 23.1 Å². The number of carbonyl (C=O) groups is 3. The Morgan fingerprint density at radius 1 is 1.17 bits per heavy atom. The second-order valence-electron chi connectivity index (χ2n) is 7.55. The number of anilines is 1. The number of nitrogens with one attached hydrogen (secondary N) is 3. The topological polar surface area (TPSA) is 125 Å². The van der Waals surface area contributed by atoms with E-state index in [0.717, 1.165) is 30.6 Å². The lowest BCUT2D eigenvalue weighted by Crippen LogP contribution is -2.47. The number of aryl methyl sites for hydroxylation is 1. The van der Waals surface area contributed by atoms with Gasteiger partial charge in [-0.3, -0.25) is 14.5 Å². The average Bonchev–Trinajstić information content (AvgIpc) is 2.84. The van der Waals surface area contributed by atoms with Gasteiger partial charge in [-0.05, 0) is 44.5 Å². The first kappa shape index (κ1) is 21.3. The Hall–Kier alpha value is -2.46. The highest BCUT2D eigenvalue weighted by Crippen LogP contribution is 2.32. The molecule has 1 heterocycles. The lowest BCUT2D eigenvalue weighted by Gasteiger charge is -2.24. The minimum absolute atomic E-state index is 0.0465. The number of benzene rings is 1. The second-order valence-corrected chi connectivity index (χ2v) is 9.41. The molecule has 1 aromatic rings. The Balaban J connectivity index is 1.72. The van der Waals surface area contributed by atoms with Crippen LogP contribution in [0.4, 0.5) is 10.5 Å². The third-order valence-corrected chi connectivity index (χ3v) is 7.09. The standard InChI is InChI=1S/C19H26N4O5S/c1-13-7-8-14(11-15(13)29(27,28)20-2)21-16(24)12-23-17(25)19(22-18(23)26)9-5-3-4-6-10-19/h7-8,11,20H,3-6,9-10,12H2,1-2H3,(H,21,24)(H,22,26). The quantitative estimate of drug-likeness (QED) is 0.620. The zero-order chi connectivity index (χ0) is 21.2. The molecule has 1 aliphatic carbocycles. The summed E-state index contributed by atoms with van der Waals surface area (Å²) in [5.41, 5.74) is -0.0985. The first-order valence-corrected chi connectivity index (χ1v) is 11.1.